The van der Waals surface area contributed by atoms with Gasteiger partial charge in [-0.3, -0.25) is 0 Å². The molecule has 5 N–H and O–H groups in total. The Balaban J connectivity index is -0.00000000450. The van der Waals surface area contributed by atoms with Crippen LogP contribution in [0.4, 0.5) is 0 Å². The standard InChI is InChI=1S/C3H9N.3BrH.ClH2.H3N/c1-4(2)3;;;;;/h1-3H3;3*1H;1H2;1H3/q;;;;+1;/p-1. The third-order valence-corrected chi connectivity index (χ3v) is 0. The number of rotatable bonds is 0. The van der Waals surface area contributed by atoms with Gasteiger partial charge in [0, 0.05) is 0 Å². The van der Waals surface area contributed by atoms with E-state index in [1.165, 1.54) is 4.90 Å². The molecule has 0 radical (unpaired) electrons. The summed E-state index contributed by atoms with van der Waals surface area (Å²) >= 11 is 0. The molecule has 0 bridgehead atoms. The van der Waals surface area contributed by atoms with Crippen LogP contribution < -0.4 is 62.0 Å². The minimum absolute atomic E-state index is 0. The topological polar surface area (TPSA) is 40.9 Å². The SMILES string of the molecule is C[NH+](C)C.[Br-].[Br-].[Br-].[ClH2+].[NH4+]. The third kappa shape index (κ3) is 207. The predicted octanol–water partition coefficient (Wildman–Crippen LogP) is -10.4. The van der Waals surface area contributed by atoms with E-state index in [0.29, 0.717) is 0 Å². The van der Waals surface area contributed by atoms with Crippen LogP contribution in [0.2, 0.25) is 0 Å². The van der Waals surface area contributed by atoms with Gasteiger partial charge < -0.3 is 62.0 Å². The molecule has 0 rings (SSSR count). The van der Waals surface area contributed by atoms with E-state index in [9.17, 15) is 0 Å². The molecule has 0 fully saturated rings. The van der Waals surface area contributed by atoms with Gasteiger partial charge in [-0.15, -0.1) is 0 Å². The van der Waals surface area contributed by atoms with E-state index >= 15 is 0 Å². The summed E-state index contributed by atoms with van der Waals surface area (Å²) < 4.78 is 0. The lowest BCUT2D eigenvalue weighted by molar-refractivity contribution is -0.836. The van der Waals surface area contributed by atoms with Crippen LogP contribution in [-0.4, -0.2) is 21.1 Å². The molecule has 9 heavy (non-hydrogen) atoms. The molecular formula is C3H16Br3ClN2. The molecule has 0 aromatic carbocycles. The van der Waals surface area contributed by atoms with Crippen LogP contribution in [0.3, 0.4) is 0 Å². The van der Waals surface area contributed by atoms with Gasteiger partial charge in [0.1, 0.15) is 0 Å². The summed E-state index contributed by atoms with van der Waals surface area (Å²) in [4.78, 5) is 1.42. The molecule has 6 heteroatoms. The number of nitrogens with one attached hydrogen (secondary N) is 1. The van der Waals surface area contributed by atoms with Crippen molar-refractivity contribution in [3.05, 3.63) is 0 Å². The first-order chi connectivity index (χ1) is 1.73. The molecule has 0 unspecified atom stereocenters. The molecule has 0 saturated heterocycles. The van der Waals surface area contributed by atoms with Crippen LogP contribution in [-0.2, 0) is 0 Å². The number of hydrogen-bond donors (Lipinski definition) is 2. The molecule has 66 valence electrons. The summed E-state index contributed by atoms with van der Waals surface area (Å²) in [5.41, 5.74) is 0. The zero-order valence-corrected chi connectivity index (χ0v) is 11.7. The maximum absolute atomic E-state index is 2.08. The summed E-state index contributed by atoms with van der Waals surface area (Å²) in [7, 11) is 6.25. The molecule has 0 heterocycles. The van der Waals surface area contributed by atoms with Gasteiger partial charge in [0.15, 0.2) is 0 Å². The minimum atomic E-state index is 0. The van der Waals surface area contributed by atoms with Crippen molar-refractivity contribution in [1.29, 1.82) is 0 Å². The highest BCUT2D eigenvalue weighted by atomic mass is 79.9. The first kappa shape index (κ1) is 45.9. The fourth-order valence-electron chi connectivity index (χ4n) is 0. The number of hydrogen-bond acceptors (Lipinski definition) is 0. The average Bonchev–Trinajstić information content (AvgIpc) is 0.811. The second-order valence-electron chi connectivity index (χ2n) is 1.50. The van der Waals surface area contributed by atoms with Crippen LogP contribution in [0.15, 0.2) is 0 Å². The summed E-state index contributed by atoms with van der Waals surface area (Å²) in [6.45, 7) is 0. The van der Waals surface area contributed by atoms with Crippen molar-refractivity contribution in [2.75, 3.05) is 21.1 Å². The lowest BCUT2D eigenvalue weighted by Gasteiger charge is -1.88. The van der Waals surface area contributed by atoms with Gasteiger partial charge in [-0.1, -0.05) is 0 Å². The Morgan fingerprint density at radius 3 is 0.778 bits per heavy atom. The van der Waals surface area contributed by atoms with E-state index in [2.05, 4.69) is 21.1 Å². The van der Waals surface area contributed by atoms with Crippen LogP contribution in [0, 0.1) is 12.4 Å². The summed E-state index contributed by atoms with van der Waals surface area (Å²) in [5, 5.41) is 0. The van der Waals surface area contributed by atoms with Gasteiger partial charge in [-0.25, -0.2) is 0 Å². The van der Waals surface area contributed by atoms with Crippen molar-refractivity contribution in [3.8, 4) is 0 Å². The zero-order chi connectivity index (χ0) is 3.58. The summed E-state index contributed by atoms with van der Waals surface area (Å²) in [6.07, 6.45) is 0. The number of halogens is 4. The first-order valence-electron chi connectivity index (χ1n) is 1.50. The second kappa shape index (κ2) is 33.4. The van der Waals surface area contributed by atoms with Crippen molar-refractivity contribution < 1.29 is 68.3 Å². The van der Waals surface area contributed by atoms with Gasteiger partial charge in [0.2, 0.25) is 0 Å². The van der Waals surface area contributed by atoms with E-state index in [-0.39, 0.29) is 69.5 Å². The largest absolute Gasteiger partial charge is 1.00 e. The zero-order valence-electron chi connectivity index (χ0n) is 6.08. The number of quaternary nitrogens is 2. The third-order valence-electron chi connectivity index (χ3n) is 0. The Morgan fingerprint density at radius 2 is 0.778 bits per heavy atom. The van der Waals surface area contributed by atoms with Gasteiger partial charge in [-0.2, -0.15) is 0 Å². The monoisotopic (exact) mass is 352 g/mol. The Hall–Kier alpha value is 1.65. The Labute approximate surface area is 95.1 Å². The smallest absolute Gasteiger partial charge is 0.0903 e. The lowest BCUT2D eigenvalue weighted by atomic mass is 11.0. The molecule has 0 saturated carbocycles. The van der Waals surface area contributed by atoms with Gasteiger partial charge in [0.05, 0.1) is 33.6 Å². The molecule has 0 spiro atoms. The highest BCUT2D eigenvalue weighted by Crippen LogP contribution is 0.864. The highest BCUT2D eigenvalue weighted by Gasteiger charge is 1.61. The average molecular weight is 355 g/mol. The van der Waals surface area contributed by atoms with E-state index in [1.807, 2.05) is 0 Å². The Bertz CT molecular complexity index is 21.8. The second-order valence-corrected chi connectivity index (χ2v) is 1.50. The van der Waals surface area contributed by atoms with Crippen LogP contribution >= 0.6 is 0 Å². The minimum Gasteiger partial charge on any atom is -1.00 e. The summed E-state index contributed by atoms with van der Waals surface area (Å²) in [6, 6.07) is 0. The van der Waals surface area contributed by atoms with Crippen molar-refractivity contribution >= 4 is 0 Å². The van der Waals surface area contributed by atoms with E-state index in [4.69, 9.17) is 0 Å². The van der Waals surface area contributed by atoms with Crippen molar-refractivity contribution in [3.63, 3.8) is 0 Å². The van der Waals surface area contributed by atoms with E-state index < -0.39 is 0 Å². The summed E-state index contributed by atoms with van der Waals surface area (Å²) in [5.74, 6) is 0. The first-order valence-corrected chi connectivity index (χ1v) is 1.50. The Kier molecular flexibility index (Phi) is 170. The maximum atomic E-state index is 2.08. The van der Waals surface area contributed by atoms with Crippen LogP contribution in [0.25, 0.3) is 0 Å². The molecule has 2 nitrogen and oxygen atoms in total. The molecule has 0 atom stereocenters. The van der Waals surface area contributed by atoms with Gasteiger partial charge in [-0.05, 0) is 0 Å². The Morgan fingerprint density at radius 1 is 0.778 bits per heavy atom. The molecule has 0 amide bonds. The van der Waals surface area contributed by atoms with Crippen molar-refractivity contribution in [2.45, 2.75) is 0 Å². The van der Waals surface area contributed by atoms with E-state index in [1.54, 1.807) is 0 Å². The maximum Gasteiger partial charge on any atom is 0.0903 e. The molecule has 0 aromatic heterocycles. The van der Waals surface area contributed by atoms with Gasteiger partial charge in [0.25, 0.3) is 0 Å². The van der Waals surface area contributed by atoms with Crippen molar-refractivity contribution in [1.82, 2.24) is 6.15 Å². The van der Waals surface area contributed by atoms with Crippen LogP contribution in [0.5, 0.6) is 0 Å². The van der Waals surface area contributed by atoms with Gasteiger partial charge >= 0.3 is 0 Å². The predicted molar refractivity (Wildman–Crippen MR) is 27.5 cm³/mol. The van der Waals surface area contributed by atoms with E-state index in [0.717, 1.165) is 0 Å². The molecule has 0 aromatic rings. The normalized spacial score (nSPS) is 4.00. The van der Waals surface area contributed by atoms with Crippen LogP contribution in [0.1, 0.15) is 0 Å². The fraction of sp³-hybridized carbons (Fsp3) is 1.00. The molecule has 0 aliphatic carbocycles. The molecular weight excluding hydrogens is 339 g/mol. The molecule has 0 aliphatic heterocycles. The molecule has 0 aliphatic rings. The van der Waals surface area contributed by atoms with Crippen molar-refractivity contribution in [2.24, 2.45) is 0 Å². The quantitative estimate of drug-likeness (QED) is 0.434. The highest BCUT2D eigenvalue weighted by molar-refractivity contribution is 3.59. The fourth-order valence-corrected chi connectivity index (χ4v) is 0. The lowest BCUT2D eigenvalue weighted by Crippen LogP contribution is -3.02.